The van der Waals surface area contributed by atoms with Crippen LogP contribution < -0.4 is 5.32 Å². The van der Waals surface area contributed by atoms with E-state index in [1.807, 2.05) is 0 Å². The van der Waals surface area contributed by atoms with Crippen molar-refractivity contribution >= 4 is 17.3 Å². The van der Waals surface area contributed by atoms with Crippen molar-refractivity contribution in [3.8, 4) is 0 Å². The molecule has 0 radical (unpaired) electrons. The Labute approximate surface area is 111 Å². The number of nitro benzene ring substituents is 1. The maximum Gasteiger partial charge on any atom is 0.304 e. The molecule has 1 amide bonds. The smallest absolute Gasteiger partial charge is 0.304 e. The van der Waals surface area contributed by atoms with Crippen LogP contribution in [0.15, 0.2) is 18.2 Å². The number of nitrogens with one attached hydrogen (secondary N) is 1. The highest BCUT2D eigenvalue weighted by Gasteiger charge is 2.15. The SMILES string of the molecule is Cn1nnnc1CC(=O)Nc1ccc([N+](=O)[O-])c(F)c1. The Bertz CT molecular complexity index is 671. The Hall–Kier alpha value is -2.91. The summed E-state index contributed by atoms with van der Waals surface area (Å²) in [6.07, 6.45) is -0.0951. The Morgan fingerprint density at radius 3 is 2.85 bits per heavy atom. The van der Waals surface area contributed by atoms with Crippen molar-refractivity contribution in [1.29, 1.82) is 0 Å². The molecule has 2 aromatic rings. The highest BCUT2D eigenvalue weighted by atomic mass is 19.1. The molecule has 20 heavy (non-hydrogen) atoms. The van der Waals surface area contributed by atoms with Crippen molar-refractivity contribution in [3.05, 3.63) is 40.0 Å². The molecule has 104 valence electrons. The average molecular weight is 280 g/mol. The molecule has 0 saturated heterocycles. The van der Waals surface area contributed by atoms with Gasteiger partial charge in [0.2, 0.25) is 11.7 Å². The number of aryl methyl sites for hydroxylation is 1. The summed E-state index contributed by atoms with van der Waals surface area (Å²) >= 11 is 0. The van der Waals surface area contributed by atoms with E-state index in [0.29, 0.717) is 5.82 Å². The zero-order chi connectivity index (χ0) is 14.7. The third-order valence-electron chi connectivity index (χ3n) is 2.45. The Balaban J connectivity index is 2.07. The van der Waals surface area contributed by atoms with Gasteiger partial charge in [-0.3, -0.25) is 14.9 Å². The number of amides is 1. The first kappa shape index (κ1) is 13.5. The summed E-state index contributed by atoms with van der Waals surface area (Å²) in [7, 11) is 1.58. The molecule has 1 aromatic carbocycles. The zero-order valence-electron chi connectivity index (χ0n) is 10.3. The molecule has 1 aromatic heterocycles. The summed E-state index contributed by atoms with van der Waals surface area (Å²) in [6.45, 7) is 0. The minimum absolute atomic E-state index is 0.0951. The number of benzene rings is 1. The van der Waals surface area contributed by atoms with Gasteiger partial charge in [-0.05, 0) is 16.5 Å². The summed E-state index contributed by atoms with van der Waals surface area (Å²) in [5, 5.41) is 23.4. The van der Waals surface area contributed by atoms with Crippen LogP contribution in [0.3, 0.4) is 0 Å². The highest BCUT2D eigenvalue weighted by Crippen LogP contribution is 2.20. The molecule has 0 aliphatic heterocycles. The van der Waals surface area contributed by atoms with Gasteiger partial charge >= 0.3 is 5.69 Å². The molecule has 0 saturated carbocycles. The summed E-state index contributed by atoms with van der Waals surface area (Å²) in [5.74, 6) is -1.14. The van der Waals surface area contributed by atoms with E-state index in [9.17, 15) is 19.3 Å². The fourth-order valence-electron chi connectivity index (χ4n) is 1.48. The van der Waals surface area contributed by atoms with Gasteiger partial charge < -0.3 is 5.32 Å². The predicted octanol–water partition coefficient (Wildman–Crippen LogP) is 0.439. The monoisotopic (exact) mass is 280 g/mol. The van der Waals surface area contributed by atoms with Gasteiger partial charge in [0.1, 0.15) is 0 Å². The molecule has 10 heteroatoms. The number of rotatable bonds is 4. The first-order valence-electron chi connectivity index (χ1n) is 5.42. The quantitative estimate of drug-likeness (QED) is 0.641. The topological polar surface area (TPSA) is 116 Å². The molecule has 2 rings (SSSR count). The van der Waals surface area contributed by atoms with Gasteiger partial charge in [0, 0.05) is 24.9 Å². The number of tetrazole rings is 1. The number of hydrogen-bond acceptors (Lipinski definition) is 6. The molecular weight excluding hydrogens is 271 g/mol. The van der Waals surface area contributed by atoms with E-state index >= 15 is 0 Å². The molecule has 0 bridgehead atoms. The lowest BCUT2D eigenvalue weighted by Crippen LogP contribution is -2.17. The number of carbonyl (C=O) groups excluding carboxylic acids is 1. The molecule has 1 heterocycles. The van der Waals surface area contributed by atoms with E-state index in [-0.39, 0.29) is 12.1 Å². The van der Waals surface area contributed by atoms with Crippen LogP contribution in [0.25, 0.3) is 0 Å². The average Bonchev–Trinajstić information content (AvgIpc) is 2.74. The second-order valence-corrected chi connectivity index (χ2v) is 3.87. The molecule has 0 atom stereocenters. The van der Waals surface area contributed by atoms with Crippen molar-refractivity contribution < 1.29 is 14.1 Å². The van der Waals surface area contributed by atoms with E-state index in [2.05, 4.69) is 20.8 Å². The first-order chi connectivity index (χ1) is 9.47. The molecule has 9 nitrogen and oxygen atoms in total. The maximum atomic E-state index is 13.4. The van der Waals surface area contributed by atoms with Gasteiger partial charge in [0.25, 0.3) is 0 Å². The van der Waals surface area contributed by atoms with Gasteiger partial charge in [-0.15, -0.1) is 5.10 Å². The molecule has 0 aliphatic rings. The van der Waals surface area contributed by atoms with Crippen LogP contribution in [-0.4, -0.2) is 31.0 Å². The minimum Gasteiger partial charge on any atom is -0.326 e. The van der Waals surface area contributed by atoms with Crippen LogP contribution in [-0.2, 0) is 18.3 Å². The van der Waals surface area contributed by atoms with Crippen LogP contribution in [0.5, 0.6) is 0 Å². The molecule has 0 aliphatic carbocycles. The van der Waals surface area contributed by atoms with Crippen LogP contribution in [0.1, 0.15) is 5.82 Å². The zero-order valence-corrected chi connectivity index (χ0v) is 10.3. The normalized spacial score (nSPS) is 10.3. The lowest BCUT2D eigenvalue weighted by Gasteiger charge is -2.04. The van der Waals surface area contributed by atoms with Crippen LogP contribution in [0.2, 0.25) is 0 Å². The number of anilines is 1. The van der Waals surface area contributed by atoms with E-state index in [4.69, 9.17) is 0 Å². The van der Waals surface area contributed by atoms with Gasteiger partial charge in [0.15, 0.2) is 5.82 Å². The highest BCUT2D eigenvalue weighted by molar-refractivity contribution is 5.91. The predicted molar refractivity (Wildman–Crippen MR) is 64.2 cm³/mol. The van der Waals surface area contributed by atoms with Gasteiger partial charge in [-0.25, -0.2) is 4.68 Å². The molecule has 0 spiro atoms. The van der Waals surface area contributed by atoms with Crippen molar-refractivity contribution in [3.63, 3.8) is 0 Å². The number of nitrogens with zero attached hydrogens (tertiary/aromatic N) is 5. The van der Waals surface area contributed by atoms with Crippen molar-refractivity contribution in [2.24, 2.45) is 7.05 Å². The third-order valence-corrected chi connectivity index (χ3v) is 2.45. The fourth-order valence-corrected chi connectivity index (χ4v) is 1.48. The summed E-state index contributed by atoms with van der Waals surface area (Å²) < 4.78 is 14.7. The second kappa shape index (κ2) is 5.38. The van der Waals surface area contributed by atoms with Crippen molar-refractivity contribution in [2.45, 2.75) is 6.42 Å². The van der Waals surface area contributed by atoms with E-state index in [1.54, 1.807) is 7.05 Å². The van der Waals surface area contributed by atoms with Crippen LogP contribution in [0, 0.1) is 15.9 Å². The lowest BCUT2D eigenvalue weighted by atomic mass is 10.2. The van der Waals surface area contributed by atoms with E-state index in [1.165, 1.54) is 10.7 Å². The molecule has 0 unspecified atom stereocenters. The summed E-state index contributed by atoms with van der Waals surface area (Å²) in [6, 6.07) is 3.10. The standard InChI is InChI=1S/C10H9FN6O3/c1-16-9(13-14-15-16)5-10(18)12-6-2-3-8(17(19)20)7(11)4-6/h2-4H,5H2,1H3,(H,12,18). The minimum atomic E-state index is -1.02. The van der Waals surface area contributed by atoms with Gasteiger partial charge in [-0.1, -0.05) is 0 Å². The number of nitro groups is 1. The Morgan fingerprint density at radius 1 is 1.55 bits per heavy atom. The number of hydrogen-bond donors (Lipinski definition) is 1. The van der Waals surface area contributed by atoms with Crippen LogP contribution in [0.4, 0.5) is 15.8 Å². The molecular formula is C10H9FN6O3. The van der Waals surface area contributed by atoms with E-state index in [0.717, 1.165) is 12.1 Å². The first-order valence-corrected chi connectivity index (χ1v) is 5.42. The van der Waals surface area contributed by atoms with Gasteiger partial charge in [0.05, 0.1) is 11.3 Å². The second-order valence-electron chi connectivity index (χ2n) is 3.87. The maximum absolute atomic E-state index is 13.4. The molecule has 0 fully saturated rings. The van der Waals surface area contributed by atoms with Crippen LogP contribution >= 0.6 is 0 Å². The largest absolute Gasteiger partial charge is 0.326 e. The lowest BCUT2D eigenvalue weighted by molar-refractivity contribution is -0.387. The van der Waals surface area contributed by atoms with E-state index < -0.39 is 22.3 Å². The Morgan fingerprint density at radius 2 is 2.30 bits per heavy atom. The number of carbonyl (C=O) groups is 1. The molecule has 1 N–H and O–H groups in total. The van der Waals surface area contributed by atoms with Crippen molar-refractivity contribution in [1.82, 2.24) is 20.2 Å². The summed E-state index contributed by atoms with van der Waals surface area (Å²) in [5.41, 5.74) is -0.534. The van der Waals surface area contributed by atoms with Crippen molar-refractivity contribution in [2.75, 3.05) is 5.32 Å². The Kier molecular flexibility index (Phi) is 3.64. The number of halogens is 1. The third kappa shape index (κ3) is 2.91. The van der Waals surface area contributed by atoms with Gasteiger partial charge in [-0.2, -0.15) is 4.39 Å². The fraction of sp³-hybridized carbons (Fsp3) is 0.200. The summed E-state index contributed by atoms with van der Waals surface area (Å²) in [4.78, 5) is 21.3. The number of aromatic nitrogens is 4.